The molecule has 8 heteroatoms. The monoisotopic (exact) mass is 462 g/mol. The molecular formula is C25H26N4O3S. The Labute approximate surface area is 196 Å². The van der Waals surface area contributed by atoms with Crippen LogP contribution in [0.3, 0.4) is 0 Å². The van der Waals surface area contributed by atoms with Gasteiger partial charge in [-0.25, -0.2) is 4.98 Å². The summed E-state index contributed by atoms with van der Waals surface area (Å²) in [6.07, 6.45) is 2.53. The van der Waals surface area contributed by atoms with Crippen molar-refractivity contribution in [1.82, 2.24) is 14.8 Å². The van der Waals surface area contributed by atoms with Gasteiger partial charge in [0.1, 0.15) is 0 Å². The van der Waals surface area contributed by atoms with Crippen LogP contribution in [0.25, 0.3) is 10.2 Å². The molecule has 0 bridgehead atoms. The van der Waals surface area contributed by atoms with Crippen molar-refractivity contribution in [2.75, 3.05) is 25.0 Å². The first-order valence-corrected chi connectivity index (χ1v) is 12.2. The molecule has 0 radical (unpaired) electrons. The average molecular weight is 463 g/mol. The molecule has 3 aromatic rings. The van der Waals surface area contributed by atoms with Gasteiger partial charge in [-0.15, -0.1) is 0 Å². The highest BCUT2D eigenvalue weighted by atomic mass is 32.1. The Morgan fingerprint density at radius 1 is 1.09 bits per heavy atom. The third-order valence-corrected chi connectivity index (χ3v) is 7.36. The maximum Gasteiger partial charge on any atom is 0.261 e. The van der Waals surface area contributed by atoms with Crippen LogP contribution in [0.4, 0.5) is 5.13 Å². The molecule has 0 unspecified atom stereocenters. The van der Waals surface area contributed by atoms with Crippen molar-refractivity contribution in [2.24, 2.45) is 5.92 Å². The zero-order valence-electron chi connectivity index (χ0n) is 18.5. The second kappa shape index (κ2) is 9.03. The molecule has 0 saturated carbocycles. The number of carbonyl (C=O) groups excluding carboxylic acids is 3. The van der Waals surface area contributed by atoms with E-state index in [1.165, 1.54) is 29.7 Å². The summed E-state index contributed by atoms with van der Waals surface area (Å²) in [5.74, 6) is -0.153. The molecule has 5 rings (SSSR count). The van der Waals surface area contributed by atoms with E-state index >= 15 is 0 Å². The standard InChI is InChI=1S/C25H26N4O3S/c1-16-8-11-28(12-9-16)15-17-6-7-20-21(14-17)33-25(26-20)27-22(30)10-13-29-23(31)18-4-2-3-5-19(18)24(29)32/h2-7,14,16H,8-13,15H2,1H3,(H,26,27,30). The molecule has 3 amide bonds. The molecule has 0 aliphatic carbocycles. The minimum atomic E-state index is -0.348. The van der Waals surface area contributed by atoms with Crippen LogP contribution in [-0.4, -0.2) is 52.1 Å². The second-order valence-electron chi connectivity index (χ2n) is 8.89. The smallest absolute Gasteiger partial charge is 0.261 e. The van der Waals surface area contributed by atoms with Crippen molar-refractivity contribution in [1.29, 1.82) is 0 Å². The predicted octanol–water partition coefficient (Wildman–Crippen LogP) is 4.15. The number of likely N-dealkylation sites (tertiary alicyclic amines) is 1. The molecule has 2 aromatic carbocycles. The Bertz CT molecular complexity index is 1190. The molecule has 1 aromatic heterocycles. The van der Waals surface area contributed by atoms with Crippen LogP contribution in [-0.2, 0) is 11.3 Å². The molecule has 3 heterocycles. The molecule has 0 spiro atoms. The summed E-state index contributed by atoms with van der Waals surface area (Å²) in [5, 5.41) is 3.35. The van der Waals surface area contributed by atoms with Crippen molar-refractivity contribution < 1.29 is 14.4 Å². The topological polar surface area (TPSA) is 82.6 Å². The second-order valence-corrected chi connectivity index (χ2v) is 9.92. The van der Waals surface area contributed by atoms with Crippen LogP contribution in [0.1, 0.15) is 52.5 Å². The van der Waals surface area contributed by atoms with E-state index in [1.807, 2.05) is 6.07 Å². The van der Waals surface area contributed by atoms with Gasteiger partial charge in [-0.3, -0.25) is 24.2 Å². The van der Waals surface area contributed by atoms with Gasteiger partial charge in [-0.2, -0.15) is 0 Å². The van der Waals surface area contributed by atoms with Gasteiger partial charge in [0.2, 0.25) is 5.91 Å². The van der Waals surface area contributed by atoms with Crippen molar-refractivity contribution in [2.45, 2.75) is 32.7 Å². The van der Waals surface area contributed by atoms with E-state index in [9.17, 15) is 14.4 Å². The first-order valence-electron chi connectivity index (χ1n) is 11.3. The zero-order valence-corrected chi connectivity index (χ0v) is 19.4. The number of thiazole rings is 1. The highest BCUT2D eigenvalue weighted by Gasteiger charge is 2.35. The van der Waals surface area contributed by atoms with Crippen LogP contribution in [0.2, 0.25) is 0 Å². The lowest BCUT2D eigenvalue weighted by atomic mass is 9.99. The summed E-state index contributed by atoms with van der Waals surface area (Å²) >= 11 is 1.44. The molecule has 1 N–H and O–H groups in total. The number of piperidine rings is 1. The van der Waals surface area contributed by atoms with Gasteiger partial charge in [0, 0.05) is 19.5 Å². The van der Waals surface area contributed by atoms with Crippen LogP contribution >= 0.6 is 11.3 Å². The van der Waals surface area contributed by atoms with E-state index in [-0.39, 0.29) is 30.7 Å². The number of aromatic nitrogens is 1. The molecule has 170 valence electrons. The van der Waals surface area contributed by atoms with E-state index < -0.39 is 0 Å². The lowest BCUT2D eigenvalue weighted by molar-refractivity contribution is -0.116. The van der Waals surface area contributed by atoms with Gasteiger partial charge in [-0.1, -0.05) is 36.5 Å². The van der Waals surface area contributed by atoms with Crippen LogP contribution < -0.4 is 5.32 Å². The Morgan fingerprint density at radius 3 is 2.48 bits per heavy atom. The normalized spacial score (nSPS) is 17.1. The Kier molecular flexibility index (Phi) is 5.95. The van der Waals surface area contributed by atoms with Gasteiger partial charge in [-0.05, 0) is 61.7 Å². The van der Waals surface area contributed by atoms with E-state index in [0.717, 1.165) is 40.7 Å². The number of hydrogen-bond donors (Lipinski definition) is 1. The van der Waals surface area contributed by atoms with Gasteiger partial charge >= 0.3 is 0 Å². The molecule has 2 aliphatic rings. The fourth-order valence-electron chi connectivity index (χ4n) is 4.44. The number of anilines is 1. The summed E-state index contributed by atoms with van der Waals surface area (Å²) in [5.41, 5.74) is 2.89. The molecule has 0 atom stereocenters. The molecule has 33 heavy (non-hydrogen) atoms. The van der Waals surface area contributed by atoms with E-state index in [4.69, 9.17) is 0 Å². The molecule has 1 fully saturated rings. The van der Waals surface area contributed by atoms with Crippen LogP contribution in [0.5, 0.6) is 0 Å². The highest BCUT2D eigenvalue weighted by molar-refractivity contribution is 7.22. The minimum Gasteiger partial charge on any atom is -0.302 e. The first kappa shape index (κ1) is 21.7. The molecular weight excluding hydrogens is 436 g/mol. The lowest BCUT2D eigenvalue weighted by Gasteiger charge is -2.30. The van der Waals surface area contributed by atoms with E-state index in [1.54, 1.807) is 24.3 Å². The number of nitrogens with one attached hydrogen (secondary N) is 1. The molecule has 1 saturated heterocycles. The van der Waals surface area contributed by atoms with Gasteiger partial charge in [0.25, 0.3) is 11.8 Å². The van der Waals surface area contributed by atoms with Crippen molar-refractivity contribution in [3.05, 3.63) is 59.2 Å². The minimum absolute atomic E-state index is 0.0278. The number of rotatable bonds is 6. The van der Waals surface area contributed by atoms with Crippen molar-refractivity contribution in [3.63, 3.8) is 0 Å². The summed E-state index contributed by atoms with van der Waals surface area (Å²) in [4.78, 5) is 45.5. The average Bonchev–Trinajstić information content (AvgIpc) is 3.31. The van der Waals surface area contributed by atoms with Crippen molar-refractivity contribution >= 4 is 44.4 Å². The maximum atomic E-state index is 12.5. The summed E-state index contributed by atoms with van der Waals surface area (Å²) in [6, 6.07) is 13.0. The number of nitrogens with zero attached hydrogens (tertiary/aromatic N) is 3. The van der Waals surface area contributed by atoms with Crippen molar-refractivity contribution in [3.8, 4) is 0 Å². The molecule has 7 nitrogen and oxygen atoms in total. The third kappa shape index (κ3) is 4.54. The summed E-state index contributed by atoms with van der Waals surface area (Å²) < 4.78 is 1.04. The van der Waals surface area contributed by atoms with Gasteiger partial charge < -0.3 is 5.32 Å². The third-order valence-electron chi connectivity index (χ3n) is 6.42. The number of benzene rings is 2. The number of imide groups is 1. The van der Waals surface area contributed by atoms with E-state index in [2.05, 4.69) is 34.3 Å². The number of amides is 3. The molecule has 2 aliphatic heterocycles. The largest absolute Gasteiger partial charge is 0.302 e. The number of fused-ring (bicyclic) bond motifs is 2. The Balaban J connectivity index is 1.18. The van der Waals surface area contributed by atoms with Gasteiger partial charge in [0.15, 0.2) is 5.13 Å². The van der Waals surface area contributed by atoms with Crippen LogP contribution in [0.15, 0.2) is 42.5 Å². The quantitative estimate of drug-likeness (QED) is 0.557. The zero-order chi connectivity index (χ0) is 22.9. The summed E-state index contributed by atoms with van der Waals surface area (Å²) in [6.45, 7) is 5.56. The Morgan fingerprint density at radius 2 is 1.79 bits per heavy atom. The van der Waals surface area contributed by atoms with E-state index in [0.29, 0.717) is 16.3 Å². The number of carbonyl (C=O) groups is 3. The maximum absolute atomic E-state index is 12.5. The number of hydrogen-bond acceptors (Lipinski definition) is 6. The Hall–Kier alpha value is -3.10. The fraction of sp³-hybridized carbons (Fsp3) is 0.360. The SMILES string of the molecule is CC1CCN(Cc2ccc3nc(NC(=O)CCN4C(=O)c5ccccc5C4=O)sc3c2)CC1. The highest BCUT2D eigenvalue weighted by Crippen LogP contribution is 2.28. The first-order chi connectivity index (χ1) is 16.0. The lowest BCUT2D eigenvalue weighted by Crippen LogP contribution is -2.32. The predicted molar refractivity (Wildman–Crippen MR) is 128 cm³/mol. The summed E-state index contributed by atoms with van der Waals surface area (Å²) in [7, 11) is 0. The van der Waals surface area contributed by atoms with Gasteiger partial charge in [0.05, 0.1) is 21.3 Å². The fourth-order valence-corrected chi connectivity index (χ4v) is 5.38. The van der Waals surface area contributed by atoms with Crippen LogP contribution in [0, 0.1) is 5.92 Å².